The van der Waals surface area contributed by atoms with Crippen LogP contribution in [0.1, 0.15) is 26.6 Å². The topological polar surface area (TPSA) is 40.7 Å². The molecule has 3 nitrogen and oxygen atoms in total. The molecule has 0 spiro atoms. The zero-order valence-electron chi connectivity index (χ0n) is 11.9. The Morgan fingerprint density at radius 3 is 2.45 bits per heavy atom. The highest BCUT2D eigenvalue weighted by molar-refractivity contribution is 5.60. The lowest BCUT2D eigenvalue weighted by atomic mass is 10.1. The molecule has 108 valence electrons. The van der Waals surface area contributed by atoms with Crippen molar-refractivity contribution in [3.8, 4) is 11.3 Å². The third kappa shape index (κ3) is 3.63. The van der Waals surface area contributed by atoms with E-state index in [0.717, 1.165) is 6.54 Å². The van der Waals surface area contributed by atoms with Crippen LogP contribution in [-0.4, -0.2) is 22.1 Å². The molecular formula is C15H19F2N3. The third-order valence-electron chi connectivity index (χ3n) is 2.88. The maximum atomic E-state index is 13.7. The Morgan fingerprint density at radius 1 is 1.20 bits per heavy atom. The molecular weight excluding hydrogens is 260 g/mol. The SMILES string of the molecule is CC(C)(C)NCCc1ncc(-c2c(F)cccc2F)[nH]1. The van der Waals surface area contributed by atoms with Crippen molar-refractivity contribution in [2.45, 2.75) is 32.7 Å². The van der Waals surface area contributed by atoms with E-state index in [4.69, 9.17) is 0 Å². The Hall–Kier alpha value is -1.75. The second-order valence-electron chi connectivity index (χ2n) is 5.77. The van der Waals surface area contributed by atoms with E-state index in [2.05, 4.69) is 36.1 Å². The fraction of sp³-hybridized carbons (Fsp3) is 0.400. The van der Waals surface area contributed by atoms with Gasteiger partial charge in [-0.05, 0) is 32.9 Å². The summed E-state index contributed by atoms with van der Waals surface area (Å²) in [5, 5.41) is 3.33. The van der Waals surface area contributed by atoms with Crippen molar-refractivity contribution >= 4 is 0 Å². The zero-order valence-corrected chi connectivity index (χ0v) is 11.9. The van der Waals surface area contributed by atoms with Gasteiger partial charge in [-0.1, -0.05) is 6.07 Å². The Morgan fingerprint density at radius 2 is 1.85 bits per heavy atom. The molecule has 20 heavy (non-hydrogen) atoms. The molecule has 0 amide bonds. The van der Waals surface area contributed by atoms with E-state index < -0.39 is 11.6 Å². The van der Waals surface area contributed by atoms with E-state index in [0.29, 0.717) is 17.9 Å². The average molecular weight is 279 g/mol. The van der Waals surface area contributed by atoms with E-state index in [1.54, 1.807) is 0 Å². The van der Waals surface area contributed by atoms with Crippen LogP contribution in [0.3, 0.4) is 0 Å². The standard InChI is InChI=1S/C15H19F2N3/c1-15(2,3)19-8-7-13-18-9-12(20-13)14-10(16)5-4-6-11(14)17/h4-6,9,19H,7-8H2,1-3H3,(H,18,20). The number of nitrogens with zero attached hydrogens (tertiary/aromatic N) is 1. The van der Waals surface area contributed by atoms with Gasteiger partial charge in [0.1, 0.15) is 17.5 Å². The fourth-order valence-electron chi connectivity index (χ4n) is 1.93. The fourth-order valence-corrected chi connectivity index (χ4v) is 1.93. The lowest BCUT2D eigenvalue weighted by Crippen LogP contribution is -2.37. The second kappa shape index (κ2) is 5.71. The molecule has 0 aliphatic rings. The van der Waals surface area contributed by atoms with Crippen molar-refractivity contribution in [3.63, 3.8) is 0 Å². The van der Waals surface area contributed by atoms with E-state index in [9.17, 15) is 8.78 Å². The van der Waals surface area contributed by atoms with Gasteiger partial charge in [-0.3, -0.25) is 0 Å². The van der Waals surface area contributed by atoms with Gasteiger partial charge in [0, 0.05) is 18.5 Å². The second-order valence-corrected chi connectivity index (χ2v) is 5.77. The largest absolute Gasteiger partial charge is 0.342 e. The van der Waals surface area contributed by atoms with Crippen LogP contribution in [0.25, 0.3) is 11.3 Å². The summed E-state index contributed by atoms with van der Waals surface area (Å²) in [5.74, 6) is -0.472. The minimum atomic E-state index is -0.590. The van der Waals surface area contributed by atoms with Crippen LogP contribution in [0.5, 0.6) is 0 Å². The lowest BCUT2D eigenvalue weighted by molar-refractivity contribution is 0.427. The molecule has 1 aromatic heterocycles. The smallest absolute Gasteiger partial charge is 0.135 e. The number of hydrogen-bond acceptors (Lipinski definition) is 2. The maximum Gasteiger partial charge on any atom is 0.135 e. The highest BCUT2D eigenvalue weighted by Gasteiger charge is 2.14. The summed E-state index contributed by atoms with van der Waals surface area (Å²) < 4.78 is 27.3. The number of halogens is 2. The number of imidazole rings is 1. The number of H-pyrrole nitrogens is 1. The van der Waals surface area contributed by atoms with Gasteiger partial charge in [0.25, 0.3) is 0 Å². The van der Waals surface area contributed by atoms with Gasteiger partial charge in [-0.2, -0.15) is 0 Å². The van der Waals surface area contributed by atoms with Gasteiger partial charge in [-0.25, -0.2) is 13.8 Å². The van der Waals surface area contributed by atoms with E-state index in [1.165, 1.54) is 24.4 Å². The summed E-state index contributed by atoms with van der Waals surface area (Å²) >= 11 is 0. The Labute approximate surface area is 117 Å². The summed E-state index contributed by atoms with van der Waals surface area (Å²) in [6.45, 7) is 6.98. The molecule has 1 heterocycles. The maximum absolute atomic E-state index is 13.7. The molecule has 0 bridgehead atoms. The minimum absolute atomic E-state index is 0.0348. The first-order valence-electron chi connectivity index (χ1n) is 6.60. The number of hydrogen-bond donors (Lipinski definition) is 2. The third-order valence-corrected chi connectivity index (χ3v) is 2.88. The van der Waals surface area contributed by atoms with Crippen LogP contribution in [0.15, 0.2) is 24.4 Å². The normalized spacial score (nSPS) is 11.8. The molecule has 0 saturated carbocycles. The number of aromatic nitrogens is 2. The van der Waals surface area contributed by atoms with E-state index >= 15 is 0 Å². The van der Waals surface area contributed by atoms with E-state index in [1.807, 2.05) is 0 Å². The number of benzene rings is 1. The number of nitrogens with one attached hydrogen (secondary N) is 2. The van der Waals surface area contributed by atoms with Crippen molar-refractivity contribution in [2.75, 3.05) is 6.54 Å². The Kier molecular flexibility index (Phi) is 4.18. The van der Waals surface area contributed by atoms with Crippen molar-refractivity contribution < 1.29 is 8.78 Å². The van der Waals surface area contributed by atoms with Crippen molar-refractivity contribution in [3.05, 3.63) is 41.9 Å². The average Bonchev–Trinajstić information content (AvgIpc) is 2.75. The molecule has 0 fully saturated rings. The van der Waals surface area contributed by atoms with Gasteiger partial charge in [0.15, 0.2) is 0 Å². The quantitative estimate of drug-likeness (QED) is 0.901. The molecule has 1 aromatic carbocycles. The van der Waals surface area contributed by atoms with Gasteiger partial charge in [0.2, 0.25) is 0 Å². The molecule has 5 heteroatoms. The van der Waals surface area contributed by atoms with Crippen LogP contribution < -0.4 is 5.32 Å². The molecule has 0 aliphatic heterocycles. The Balaban J connectivity index is 2.09. The van der Waals surface area contributed by atoms with Crippen molar-refractivity contribution in [1.29, 1.82) is 0 Å². The molecule has 2 rings (SSSR count). The van der Waals surface area contributed by atoms with Crippen molar-refractivity contribution in [1.82, 2.24) is 15.3 Å². The van der Waals surface area contributed by atoms with Crippen molar-refractivity contribution in [2.24, 2.45) is 0 Å². The lowest BCUT2D eigenvalue weighted by Gasteiger charge is -2.19. The predicted octanol–water partition coefficient (Wildman–Crippen LogP) is 3.29. The highest BCUT2D eigenvalue weighted by Crippen LogP contribution is 2.24. The van der Waals surface area contributed by atoms with Gasteiger partial charge < -0.3 is 10.3 Å². The monoisotopic (exact) mass is 279 g/mol. The molecule has 0 unspecified atom stereocenters. The molecule has 2 aromatic rings. The number of rotatable bonds is 4. The summed E-state index contributed by atoms with van der Waals surface area (Å²) in [6.07, 6.45) is 2.14. The van der Waals surface area contributed by atoms with Crippen LogP contribution in [0.2, 0.25) is 0 Å². The highest BCUT2D eigenvalue weighted by atomic mass is 19.1. The molecule has 0 saturated heterocycles. The summed E-state index contributed by atoms with van der Waals surface area (Å²) in [4.78, 5) is 7.13. The molecule has 0 atom stereocenters. The summed E-state index contributed by atoms with van der Waals surface area (Å²) in [5.41, 5.74) is 0.342. The van der Waals surface area contributed by atoms with Gasteiger partial charge in [0.05, 0.1) is 17.5 Å². The van der Waals surface area contributed by atoms with Gasteiger partial charge in [-0.15, -0.1) is 0 Å². The minimum Gasteiger partial charge on any atom is -0.342 e. The Bertz CT molecular complexity index is 565. The summed E-state index contributed by atoms with van der Waals surface area (Å²) in [6, 6.07) is 3.82. The van der Waals surface area contributed by atoms with Crippen LogP contribution in [0.4, 0.5) is 8.78 Å². The molecule has 0 radical (unpaired) electrons. The number of aromatic amines is 1. The predicted molar refractivity (Wildman–Crippen MR) is 75.4 cm³/mol. The van der Waals surface area contributed by atoms with Crippen LogP contribution in [0, 0.1) is 11.6 Å². The van der Waals surface area contributed by atoms with E-state index in [-0.39, 0.29) is 11.1 Å². The molecule has 2 N–H and O–H groups in total. The first-order valence-corrected chi connectivity index (χ1v) is 6.60. The molecule has 0 aliphatic carbocycles. The first-order chi connectivity index (χ1) is 9.37. The van der Waals surface area contributed by atoms with Gasteiger partial charge >= 0.3 is 0 Å². The van der Waals surface area contributed by atoms with Crippen LogP contribution >= 0.6 is 0 Å². The van der Waals surface area contributed by atoms with Crippen LogP contribution in [-0.2, 0) is 6.42 Å². The summed E-state index contributed by atoms with van der Waals surface area (Å²) in [7, 11) is 0. The first kappa shape index (κ1) is 14.7. The zero-order chi connectivity index (χ0) is 14.8.